The third kappa shape index (κ3) is 5.31. The molecule has 2 aromatic rings. The second-order valence-corrected chi connectivity index (χ2v) is 7.12. The van der Waals surface area contributed by atoms with Crippen molar-refractivity contribution in [3.05, 3.63) is 59.7 Å². The Balaban J connectivity index is 0.00000261. The minimum absolute atomic E-state index is 0. The highest BCUT2D eigenvalue weighted by Gasteiger charge is 2.43. The van der Waals surface area contributed by atoms with Gasteiger partial charge in [0.25, 0.3) is 0 Å². The van der Waals surface area contributed by atoms with E-state index in [9.17, 15) is 9.59 Å². The number of anilines is 2. The summed E-state index contributed by atoms with van der Waals surface area (Å²) < 4.78 is 0. The zero-order valence-electron chi connectivity index (χ0n) is 15.7. The van der Waals surface area contributed by atoms with Gasteiger partial charge in [0.1, 0.15) is 0 Å². The van der Waals surface area contributed by atoms with Gasteiger partial charge in [0, 0.05) is 24.3 Å². The highest BCUT2D eigenvalue weighted by molar-refractivity contribution is 6.01. The van der Waals surface area contributed by atoms with E-state index in [0.29, 0.717) is 13.0 Å². The molecule has 0 spiro atoms. The van der Waals surface area contributed by atoms with Crippen molar-refractivity contribution in [1.29, 1.82) is 0 Å². The molecule has 6 heteroatoms. The fourth-order valence-electron chi connectivity index (χ4n) is 3.22. The van der Waals surface area contributed by atoms with Crippen LogP contribution in [0, 0.1) is 19.3 Å². The summed E-state index contributed by atoms with van der Waals surface area (Å²) in [5, 5.41) is 9.09. The molecule has 0 aliphatic carbocycles. The van der Waals surface area contributed by atoms with Crippen LogP contribution in [0.1, 0.15) is 24.0 Å². The van der Waals surface area contributed by atoms with Gasteiger partial charge in [-0.1, -0.05) is 35.4 Å². The van der Waals surface area contributed by atoms with Gasteiger partial charge in [-0.3, -0.25) is 9.59 Å². The second-order valence-electron chi connectivity index (χ2n) is 7.12. The molecule has 27 heavy (non-hydrogen) atoms. The number of aryl methyl sites for hydroxylation is 2. The summed E-state index contributed by atoms with van der Waals surface area (Å²) in [4.78, 5) is 25.5. The summed E-state index contributed by atoms with van der Waals surface area (Å²) in [5.74, 6) is -0.248. The third-order valence-electron chi connectivity index (χ3n) is 4.87. The van der Waals surface area contributed by atoms with E-state index in [0.717, 1.165) is 29.0 Å². The average Bonchev–Trinajstić information content (AvgIpc) is 3.08. The SMILES string of the molecule is Cc1ccc(NC(=O)CC2(C(=O)Nc3ccc(C)cc3)CCNC2)cc1.Cl. The lowest BCUT2D eigenvalue weighted by Crippen LogP contribution is -2.41. The molecule has 2 aromatic carbocycles. The van der Waals surface area contributed by atoms with Crippen molar-refractivity contribution in [3.8, 4) is 0 Å². The predicted molar refractivity (Wildman–Crippen MR) is 111 cm³/mol. The van der Waals surface area contributed by atoms with Crippen LogP contribution in [0.3, 0.4) is 0 Å². The summed E-state index contributed by atoms with van der Waals surface area (Å²) in [5.41, 5.74) is 3.06. The van der Waals surface area contributed by atoms with Crippen LogP contribution >= 0.6 is 12.4 Å². The van der Waals surface area contributed by atoms with E-state index in [1.165, 1.54) is 0 Å². The third-order valence-corrected chi connectivity index (χ3v) is 4.87. The minimum Gasteiger partial charge on any atom is -0.326 e. The van der Waals surface area contributed by atoms with Crippen molar-refractivity contribution in [2.24, 2.45) is 5.41 Å². The lowest BCUT2D eigenvalue weighted by Gasteiger charge is -2.26. The lowest BCUT2D eigenvalue weighted by molar-refractivity contribution is -0.129. The van der Waals surface area contributed by atoms with Crippen LogP contribution in [-0.4, -0.2) is 24.9 Å². The smallest absolute Gasteiger partial charge is 0.232 e. The van der Waals surface area contributed by atoms with E-state index >= 15 is 0 Å². The molecule has 1 atom stereocenters. The zero-order chi connectivity index (χ0) is 18.6. The molecule has 5 nitrogen and oxygen atoms in total. The number of halogens is 1. The molecule has 1 fully saturated rings. The molecule has 0 radical (unpaired) electrons. The Labute approximate surface area is 166 Å². The van der Waals surface area contributed by atoms with Gasteiger partial charge in [-0.2, -0.15) is 0 Å². The van der Waals surface area contributed by atoms with Gasteiger partial charge < -0.3 is 16.0 Å². The summed E-state index contributed by atoms with van der Waals surface area (Å²) in [6.45, 7) is 5.24. The predicted octanol–water partition coefficient (Wildman–Crippen LogP) is 3.67. The fraction of sp³-hybridized carbons (Fsp3) is 0.333. The van der Waals surface area contributed by atoms with Gasteiger partial charge in [0.15, 0.2) is 0 Å². The molecule has 1 unspecified atom stereocenters. The minimum atomic E-state index is -0.723. The summed E-state index contributed by atoms with van der Waals surface area (Å²) >= 11 is 0. The van der Waals surface area contributed by atoms with Crippen LogP contribution in [-0.2, 0) is 9.59 Å². The van der Waals surface area contributed by atoms with Crippen LogP contribution in [0.15, 0.2) is 48.5 Å². The Morgan fingerprint density at radius 3 is 1.93 bits per heavy atom. The topological polar surface area (TPSA) is 70.2 Å². The van der Waals surface area contributed by atoms with Crippen molar-refractivity contribution in [2.45, 2.75) is 26.7 Å². The first kappa shape index (κ1) is 20.9. The van der Waals surface area contributed by atoms with Gasteiger partial charge in [0.05, 0.1) is 5.41 Å². The number of nitrogens with one attached hydrogen (secondary N) is 3. The molecule has 1 aliphatic heterocycles. The van der Waals surface area contributed by atoms with Crippen LogP contribution in [0.25, 0.3) is 0 Å². The highest BCUT2D eigenvalue weighted by atomic mass is 35.5. The van der Waals surface area contributed by atoms with Crippen molar-refractivity contribution < 1.29 is 9.59 Å². The maximum absolute atomic E-state index is 12.9. The monoisotopic (exact) mass is 387 g/mol. The van der Waals surface area contributed by atoms with E-state index in [-0.39, 0.29) is 30.6 Å². The number of hydrogen-bond donors (Lipinski definition) is 3. The summed E-state index contributed by atoms with van der Waals surface area (Å²) in [7, 11) is 0. The van der Waals surface area contributed by atoms with Crippen molar-refractivity contribution in [1.82, 2.24) is 5.32 Å². The normalized spacial score (nSPS) is 18.4. The molecular formula is C21H26ClN3O2. The first-order chi connectivity index (χ1) is 12.5. The first-order valence-electron chi connectivity index (χ1n) is 8.92. The molecule has 3 rings (SSSR count). The molecule has 3 N–H and O–H groups in total. The fourth-order valence-corrected chi connectivity index (χ4v) is 3.22. The van der Waals surface area contributed by atoms with Crippen molar-refractivity contribution in [3.63, 3.8) is 0 Å². The maximum atomic E-state index is 12.9. The lowest BCUT2D eigenvalue weighted by atomic mass is 9.82. The largest absolute Gasteiger partial charge is 0.326 e. The maximum Gasteiger partial charge on any atom is 0.232 e. The van der Waals surface area contributed by atoms with E-state index in [1.807, 2.05) is 62.4 Å². The average molecular weight is 388 g/mol. The van der Waals surface area contributed by atoms with Crippen molar-refractivity contribution >= 4 is 35.6 Å². The molecular weight excluding hydrogens is 362 g/mol. The van der Waals surface area contributed by atoms with Crippen LogP contribution in [0.2, 0.25) is 0 Å². The van der Waals surface area contributed by atoms with Crippen molar-refractivity contribution in [2.75, 3.05) is 23.7 Å². The Morgan fingerprint density at radius 2 is 1.44 bits per heavy atom. The van der Waals surface area contributed by atoms with Crippen LogP contribution in [0.4, 0.5) is 11.4 Å². The summed E-state index contributed by atoms with van der Waals surface area (Å²) in [6, 6.07) is 15.3. The first-order valence-corrected chi connectivity index (χ1v) is 8.92. The molecule has 1 saturated heterocycles. The molecule has 144 valence electrons. The van der Waals surface area contributed by atoms with Gasteiger partial charge in [0.2, 0.25) is 11.8 Å². The van der Waals surface area contributed by atoms with E-state index in [4.69, 9.17) is 0 Å². The molecule has 2 amide bonds. The Kier molecular flexibility index (Phi) is 6.99. The Hall–Kier alpha value is -2.37. The molecule has 0 bridgehead atoms. The van der Waals surface area contributed by atoms with Crippen LogP contribution in [0.5, 0.6) is 0 Å². The number of carbonyl (C=O) groups is 2. The van der Waals surface area contributed by atoms with E-state index in [2.05, 4.69) is 16.0 Å². The number of rotatable bonds is 5. The Bertz CT molecular complexity index is 782. The number of hydrogen-bond acceptors (Lipinski definition) is 3. The van der Waals surface area contributed by atoms with Gasteiger partial charge in [-0.05, 0) is 51.1 Å². The summed E-state index contributed by atoms with van der Waals surface area (Å²) in [6.07, 6.45) is 0.803. The van der Waals surface area contributed by atoms with Gasteiger partial charge in [-0.25, -0.2) is 0 Å². The number of amides is 2. The van der Waals surface area contributed by atoms with Gasteiger partial charge >= 0.3 is 0 Å². The second kappa shape index (κ2) is 9.02. The molecule has 0 aromatic heterocycles. The standard InChI is InChI=1S/C21H25N3O2.ClH/c1-15-3-7-17(8-4-15)23-19(25)13-21(11-12-22-14-21)20(26)24-18-9-5-16(2)6-10-18;/h3-10,22H,11-14H2,1-2H3,(H,23,25)(H,24,26);1H. The Morgan fingerprint density at radius 1 is 0.926 bits per heavy atom. The van der Waals surface area contributed by atoms with Crippen LogP contribution < -0.4 is 16.0 Å². The number of carbonyl (C=O) groups excluding carboxylic acids is 2. The van der Waals surface area contributed by atoms with E-state index in [1.54, 1.807) is 0 Å². The molecule has 0 saturated carbocycles. The quantitative estimate of drug-likeness (QED) is 0.733. The zero-order valence-corrected chi connectivity index (χ0v) is 16.5. The molecule has 1 heterocycles. The van der Waals surface area contributed by atoms with E-state index < -0.39 is 5.41 Å². The molecule has 1 aliphatic rings. The highest BCUT2D eigenvalue weighted by Crippen LogP contribution is 2.32. The number of benzene rings is 2. The van der Waals surface area contributed by atoms with Gasteiger partial charge in [-0.15, -0.1) is 12.4 Å².